The zero-order chi connectivity index (χ0) is 10.1. The largest absolute Gasteiger partial charge is 0.229 e. The second-order valence-corrected chi connectivity index (χ2v) is 6.20. The van der Waals surface area contributed by atoms with Crippen LogP contribution in [0.2, 0.25) is 0 Å². The number of halogens is 1. The number of hydrogen-bond acceptors (Lipinski definition) is 2. The van der Waals surface area contributed by atoms with E-state index in [1.54, 1.807) is 0 Å². The SMILES string of the molecule is Cc1ccc(Br)cc1CS(C)(=O)=O. The highest BCUT2D eigenvalue weighted by atomic mass is 79.9. The van der Waals surface area contributed by atoms with Crippen molar-refractivity contribution in [2.24, 2.45) is 0 Å². The van der Waals surface area contributed by atoms with Gasteiger partial charge in [-0.05, 0) is 30.2 Å². The van der Waals surface area contributed by atoms with E-state index in [1.807, 2.05) is 25.1 Å². The number of hydrogen-bond donors (Lipinski definition) is 0. The molecule has 0 amide bonds. The monoisotopic (exact) mass is 262 g/mol. The molecule has 0 atom stereocenters. The minimum atomic E-state index is -2.94. The standard InChI is InChI=1S/C9H11BrO2S/c1-7-3-4-9(10)5-8(7)6-13(2,11)12/h3-5H,6H2,1-2H3. The van der Waals surface area contributed by atoms with Crippen LogP contribution in [-0.2, 0) is 15.6 Å². The molecule has 0 unspecified atom stereocenters. The van der Waals surface area contributed by atoms with Crippen molar-refractivity contribution in [1.29, 1.82) is 0 Å². The molecule has 2 nitrogen and oxygen atoms in total. The fraction of sp³-hybridized carbons (Fsp3) is 0.333. The van der Waals surface area contributed by atoms with Gasteiger partial charge < -0.3 is 0 Å². The summed E-state index contributed by atoms with van der Waals surface area (Å²) in [5.41, 5.74) is 1.87. The van der Waals surface area contributed by atoms with Crippen LogP contribution in [0.25, 0.3) is 0 Å². The minimum Gasteiger partial charge on any atom is -0.229 e. The fourth-order valence-electron chi connectivity index (χ4n) is 1.08. The Labute approximate surface area is 87.0 Å². The van der Waals surface area contributed by atoms with E-state index in [2.05, 4.69) is 15.9 Å². The Bertz CT molecular complexity index is 410. The normalized spacial score (nSPS) is 11.6. The highest BCUT2D eigenvalue weighted by Crippen LogP contribution is 2.17. The molecule has 0 N–H and O–H groups in total. The molecule has 0 saturated carbocycles. The Morgan fingerprint density at radius 2 is 2.00 bits per heavy atom. The van der Waals surface area contributed by atoms with Gasteiger partial charge in [0.05, 0.1) is 5.75 Å². The van der Waals surface area contributed by atoms with Crippen molar-refractivity contribution in [1.82, 2.24) is 0 Å². The number of benzene rings is 1. The van der Waals surface area contributed by atoms with E-state index in [0.717, 1.165) is 15.6 Å². The molecular weight excluding hydrogens is 252 g/mol. The summed E-state index contributed by atoms with van der Waals surface area (Å²) in [5.74, 6) is 0.109. The first-order chi connectivity index (χ1) is 5.88. The molecule has 72 valence electrons. The molecule has 0 aromatic heterocycles. The Kier molecular flexibility index (Phi) is 3.14. The summed E-state index contributed by atoms with van der Waals surface area (Å²) in [6, 6.07) is 5.65. The number of aryl methyl sites for hydroxylation is 1. The summed E-state index contributed by atoms with van der Waals surface area (Å²) in [5, 5.41) is 0. The predicted molar refractivity (Wildman–Crippen MR) is 57.4 cm³/mol. The lowest BCUT2D eigenvalue weighted by molar-refractivity contribution is 0.601. The van der Waals surface area contributed by atoms with Crippen LogP contribution in [0.3, 0.4) is 0 Å². The van der Waals surface area contributed by atoms with Crippen LogP contribution in [0.4, 0.5) is 0 Å². The lowest BCUT2D eigenvalue weighted by atomic mass is 10.1. The van der Waals surface area contributed by atoms with Gasteiger partial charge in [0.15, 0.2) is 9.84 Å². The second kappa shape index (κ2) is 3.80. The molecule has 1 aromatic carbocycles. The second-order valence-electron chi connectivity index (χ2n) is 3.14. The Morgan fingerprint density at radius 3 is 2.54 bits per heavy atom. The predicted octanol–water partition coefficient (Wildman–Crippen LogP) is 2.30. The molecule has 0 radical (unpaired) electrons. The summed E-state index contributed by atoms with van der Waals surface area (Å²) in [7, 11) is -2.94. The van der Waals surface area contributed by atoms with Gasteiger partial charge in [0.25, 0.3) is 0 Å². The molecular formula is C9H11BrO2S. The molecule has 0 fully saturated rings. The van der Waals surface area contributed by atoms with E-state index in [9.17, 15) is 8.42 Å². The average Bonchev–Trinajstić information content (AvgIpc) is 1.94. The van der Waals surface area contributed by atoms with Gasteiger partial charge >= 0.3 is 0 Å². The summed E-state index contributed by atoms with van der Waals surface area (Å²) in [6.45, 7) is 1.91. The Balaban J connectivity index is 3.08. The van der Waals surface area contributed by atoms with Crippen molar-refractivity contribution in [2.45, 2.75) is 12.7 Å². The van der Waals surface area contributed by atoms with Crippen LogP contribution in [0.15, 0.2) is 22.7 Å². The molecule has 0 bridgehead atoms. The average molecular weight is 263 g/mol. The Hall–Kier alpha value is -0.350. The maximum Gasteiger partial charge on any atom is 0.151 e. The molecule has 0 spiro atoms. The molecule has 0 heterocycles. The minimum absolute atomic E-state index is 0.109. The highest BCUT2D eigenvalue weighted by molar-refractivity contribution is 9.10. The van der Waals surface area contributed by atoms with Crippen LogP contribution in [0.1, 0.15) is 11.1 Å². The zero-order valence-electron chi connectivity index (χ0n) is 7.54. The van der Waals surface area contributed by atoms with Crippen molar-refractivity contribution >= 4 is 25.8 Å². The van der Waals surface area contributed by atoms with Gasteiger partial charge in [0, 0.05) is 10.7 Å². The first-order valence-electron chi connectivity index (χ1n) is 3.81. The topological polar surface area (TPSA) is 34.1 Å². The van der Waals surface area contributed by atoms with E-state index in [1.165, 1.54) is 6.26 Å². The third kappa shape index (κ3) is 3.48. The lowest BCUT2D eigenvalue weighted by Gasteiger charge is -2.04. The van der Waals surface area contributed by atoms with Gasteiger partial charge in [-0.1, -0.05) is 22.0 Å². The van der Waals surface area contributed by atoms with Crippen molar-refractivity contribution in [3.8, 4) is 0 Å². The summed E-state index contributed by atoms with van der Waals surface area (Å²) >= 11 is 3.31. The van der Waals surface area contributed by atoms with E-state index in [-0.39, 0.29) is 5.75 Å². The van der Waals surface area contributed by atoms with Crippen LogP contribution in [0.5, 0.6) is 0 Å². The van der Waals surface area contributed by atoms with Gasteiger partial charge in [-0.15, -0.1) is 0 Å². The van der Waals surface area contributed by atoms with Gasteiger partial charge in [-0.2, -0.15) is 0 Å². The van der Waals surface area contributed by atoms with E-state index in [0.29, 0.717) is 0 Å². The van der Waals surface area contributed by atoms with Crippen LogP contribution in [-0.4, -0.2) is 14.7 Å². The summed E-state index contributed by atoms with van der Waals surface area (Å²) in [6.07, 6.45) is 1.24. The Morgan fingerprint density at radius 1 is 1.38 bits per heavy atom. The molecule has 0 aliphatic carbocycles. The number of rotatable bonds is 2. The molecule has 0 aliphatic rings. The van der Waals surface area contributed by atoms with E-state index in [4.69, 9.17) is 0 Å². The first-order valence-corrected chi connectivity index (χ1v) is 6.66. The van der Waals surface area contributed by atoms with Crippen molar-refractivity contribution in [3.05, 3.63) is 33.8 Å². The zero-order valence-corrected chi connectivity index (χ0v) is 9.94. The maximum absolute atomic E-state index is 11.0. The third-order valence-corrected chi connectivity index (χ3v) is 3.06. The summed E-state index contributed by atoms with van der Waals surface area (Å²) in [4.78, 5) is 0. The van der Waals surface area contributed by atoms with Gasteiger partial charge in [0.1, 0.15) is 0 Å². The van der Waals surface area contributed by atoms with Crippen molar-refractivity contribution < 1.29 is 8.42 Å². The molecule has 0 saturated heterocycles. The summed E-state index contributed by atoms with van der Waals surface area (Å²) < 4.78 is 23.0. The van der Waals surface area contributed by atoms with Crippen LogP contribution < -0.4 is 0 Å². The van der Waals surface area contributed by atoms with Crippen molar-refractivity contribution in [3.63, 3.8) is 0 Å². The van der Waals surface area contributed by atoms with E-state index >= 15 is 0 Å². The molecule has 4 heteroatoms. The van der Waals surface area contributed by atoms with E-state index < -0.39 is 9.84 Å². The lowest BCUT2D eigenvalue weighted by Crippen LogP contribution is -2.02. The van der Waals surface area contributed by atoms with Crippen LogP contribution >= 0.6 is 15.9 Å². The maximum atomic E-state index is 11.0. The molecule has 0 aliphatic heterocycles. The third-order valence-electron chi connectivity index (χ3n) is 1.73. The first kappa shape index (κ1) is 10.7. The van der Waals surface area contributed by atoms with Gasteiger partial charge in [0.2, 0.25) is 0 Å². The molecule has 13 heavy (non-hydrogen) atoms. The highest BCUT2D eigenvalue weighted by Gasteiger charge is 2.07. The van der Waals surface area contributed by atoms with Crippen LogP contribution in [0, 0.1) is 6.92 Å². The smallest absolute Gasteiger partial charge is 0.151 e. The van der Waals surface area contributed by atoms with Gasteiger partial charge in [-0.25, -0.2) is 8.42 Å². The quantitative estimate of drug-likeness (QED) is 0.820. The van der Waals surface area contributed by atoms with Gasteiger partial charge in [-0.3, -0.25) is 0 Å². The molecule has 1 rings (SSSR count). The number of sulfone groups is 1. The van der Waals surface area contributed by atoms with Crippen molar-refractivity contribution in [2.75, 3.05) is 6.26 Å². The molecule has 1 aromatic rings. The fourth-order valence-corrected chi connectivity index (χ4v) is 2.36.